The van der Waals surface area contributed by atoms with Crippen LogP contribution in [0.4, 0.5) is 4.79 Å². The lowest BCUT2D eigenvalue weighted by Crippen LogP contribution is -2.57. The van der Waals surface area contributed by atoms with E-state index in [1.54, 1.807) is 13.8 Å². The summed E-state index contributed by atoms with van der Waals surface area (Å²) in [5, 5.41) is 20.6. The van der Waals surface area contributed by atoms with Gasteiger partial charge in [-0.15, -0.1) is 6.58 Å². The van der Waals surface area contributed by atoms with Crippen molar-refractivity contribution >= 4 is 12.0 Å². The zero-order valence-corrected chi connectivity index (χ0v) is 11.0. The lowest BCUT2D eigenvalue weighted by molar-refractivity contribution is -0.144. The van der Waals surface area contributed by atoms with E-state index in [2.05, 4.69) is 11.9 Å². The van der Waals surface area contributed by atoms with Gasteiger partial charge < -0.3 is 20.4 Å². The van der Waals surface area contributed by atoms with E-state index < -0.39 is 17.5 Å². The third-order valence-corrected chi connectivity index (χ3v) is 2.97. The number of hydrogen-bond donors (Lipinski definition) is 3. The van der Waals surface area contributed by atoms with Gasteiger partial charge in [-0.2, -0.15) is 0 Å². The Morgan fingerprint density at radius 1 is 1.39 bits per heavy atom. The van der Waals surface area contributed by atoms with E-state index in [0.29, 0.717) is 12.8 Å². The molecule has 0 unspecified atom stereocenters. The SMILES string of the molecule is C=CCN(CCO)C(=O)NC(CC)(CC)C(=O)O. The number of amides is 2. The molecule has 6 heteroatoms. The number of aliphatic carboxylic acids is 1. The van der Waals surface area contributed by atoms with Crippen molar-refractivity contribution < 1.29 is 19.8 Å². The minimum Gasteiger partial charge on any atom is -0.480 e. The van der Waals surface area contributed by atoms with E-state index in [-0.39, 0.29) is 19.7 Å². The van der Waals surface area contributed by atoms with Crippen LogP contribution in [-0.2, 0) is 4.79 Å². The Morgan fingerprint density at radius 2 is 1.94 bits per heavy atom. The minimum absolute atomic E-state index is 0.140. The average Bonchev–Trinajstić information content (AvgIpc) is 2.35. The molecule has 0 fully saturated rings. The quantitative estimate of drug-likeness (QED) is 0.562. The third-order valence-electron chi connectivity index (χ3n) is 2.97. The van der Waals surface area contributed by atoms with E-state index in [1.807, 2.05) is 0 Å². The van der Waals surface area contributed by atoms with E-state index >= 15 is 0 Å². The van der Waals surface area contributed by atoms with Gasteiger partial charge in [-0.25, -0.2) is 9.59 Å². The molecule has 0 saturated heterocycles. The van der Waals surface area contributed by atoms with Crippen molar-refractivity contribution in [1.82, 2.24) is 10.2 Å². The molecular formula is C12H22N2O4. The number of aliphatic hydroxyl groups is 1. The average molecular weight is 258 g/mol. The Balaban J connectivity index is 4.85. The van der Waals surface area contributed by atoms with Crippen LogP contribution in [0.1, 0.15) is 26.7 Å². The second-order valence-electron chi connectivity index (χ2n) is 3.98. The fourth-order valence-electron chi connectivity index (χ4n) is 1.62. The van der Waals surface area contributed by atoms with Gasteiger partial charge in [0.2, 0.25) is 0 Å². The number of nitrogens with one attached hydrogen (secondary N) is 1. The first kappa shape index (κ1) is 16.4. The van der Waals surface area contributed by atoms with Crippen molar-refractivity contribution in [2.24, 2.45) is 0 Å². The number of hydrogen-bond acceptors (Lipinski definition) is 3. The largest absolute Gasteiger partial charge is 0.480 e. The molecule has 2 amide bonds. The van der Waals surface area contributed by atoms with Crippen LogP contribution < -0.4 is 5.32 Å². The molecule has 0 aromatic heterocycles. The Morgan fingerprint density at radius 3 is 2.28 bits per heavy atom. The van der Waals surface area contributed by atoms with Crippen molar-refractivity contribution in [2.45, 2.75) is 32.2 Å². The Hall–Kier alpha value is -1.56. The monoisotopic (exact) mass is 258 g/mol. The summed E-state index contributed by atoms with van der Waals surface area (Å²) in [5.74, 6) is -1.05. The maximum Gasteiger partial charge on any atom is 0.329 e. The number of carbonyl (C=O) groups is 2. The second-order valence-corrected chi connectivity index (χ2v) is 3.98. The molecule has 0 bridgehead atoms. The van der Waals surface area contributed by atoms with Gasteiger partial charge in [0.25, 0.3) is 0 Å². The van der Waals surface area contributed by atoms with Crippen LogP contribution in [0.15, 0.2) is 12.7 Å². The number of aliphatic hydroxyl groups excluding tert-OH is 1. The molecule has 0 aromatic carbocycles. The first-order valence-corrected chi connectivity index (χ1v) is 5.99. The van der Waals surface area contributed by atoms with Gasteiger partial charge in [-0.05, 0) is 12.8 Å². The molecule has 0 rings (SSSR count). The highest BCUT2D eigenvalue weighted by molar-refractivity contribution is 5.86. The van der Waals surface area contributed by atoms with Crippen LogP contribution in [0.25, 0.3) is 0 Å². The molecule has 0 aliphatic rings. The smallest absolute Gasteiger partial charge is 0.329 e. The number of carboxylic acids is 1. The highest BCUT2D eigenvalue weighted by Gasteiger charge is 2.37. The predicted molar refractivity (Wildman–Crippen MR) is 68.3 cm³/mol. The molecule has 0 heterocycles. The van der Waals surface area contributed by atoms with Crippen molar-refractivity contribution in [1.29, 1.82) is 0 Å². The summed E-state index contributed by atoms with van der Waals surface area (Å²) in [4.78, 5) is 24.5. The fraction of sp³-hybridized carbons (Fsp3) is 0.667. The highest BCUT2D eigenvalue weighted by atomic mass is 16.4. The van der Waals surface area contributed by atoms with Gasteiger partial charge in [0.1, 0.15) is 5.54 Å². The van der Waals surface area contributed by atoms with Crippen molar-refractivity contribution in [3.8, 4) is 0 Å². The van der Waals surface area contributed by atoms with Crippen LogP contribution in [0, 0.1) is 0 Å². The minimum atomic E-state index is -1.26. The maximum absolute atomic E-state index is 12.0. The van der Waals surface area contributed by atoms with E-state index in [9.17, 15) is 14.7 Å². The van der Waals surface area contributed by atoms with E-state index in [1.165, 1.54) is 11.0 Å². The van der Waals surface area contributed by atoms with Gasteiger partial charge in [0.05, 0.1) is 6.61 Å². The zero-order valence-electron chi connectivity index (χ0n) is 11.0. The van der Waals surface area contributed by atoms with Gasteiger partial charge in [0, 0.05) is 13.1 Å². The van der Waals surface area contributed by atoms with Crippen LogP contribution in [-0.4, -0.2) is 52.3 Å². The normalized spacial score (nSPS) is 10.8. The molecule has 0 saturated carbocycles. The fourth-order valence-corrected chi connectivity index (χ4v) is 1.62. The van der Waals surface area contributed by atoms with E-state index in [4.69, 9.17) is 5.11 Å². The first-order chi connectivity index (χ1) is 8.47. The first-order valence-electron chi connectivity index (χ1n) is 5.99. The zero-order chi connectivity index (χ0) is 14.2. The molecule has 0 atom stereocenters. The Bertz CT molecular complexity index is 300. The molecular weight excluding hydrogens is 236 g/mol. The summed E-state index contributed by atoms with van der Waals surface area (Å²) >= 11 is 0. The number of carboxylic acid groups (broad SMARTS) is 1. The lowest BCUT2D eigenvalue weighted by atomic mass is 9.93. The van der Waals surface area contributed by atoms with Gasteiger partial charge in [0.15, 0.2) is 0 Å². The molecule has 6 nitrogen and oxygen atoms in total. The number of rotatable bonds is 8. The third kappa shape index (κ3) is 4.03. The lowest BCUT2D eigenvalue weighted by Gasteiger charge is -2.31. The van der Waals surface area contributed by atoms with Crippen LogP contribution in [0.5, 0.6) is 0 Å². The molecule has 104 valence electrons. The second kappa shape index (κ2) is 7.71. The number of nitrogens with zero attached hydrogens (tertiary/aromatic N) is 1. The van der Waals surface area contributed by atoms with E-state index in [0.717, 1.165) is 0 Å². The number of urea groups is 1. The van der Waals surface area contributed by atoms with Crippen LogP contribution in [0.2, 0.25) is 0 Å². The summed E-state index contributed by atoms with van der Waals surface area (Å²) in [6.45, 7) is 7.16. The maximum atomic E-state index is 12.0. The van der Waals surface area contributed by atoms with Crippen LogP contribution >= 0.6 is 0 Å². The van der Waals surface area contributed by atoms with Gasteiger partial charge >= 0.3 is 12.0 Å². The summed E-state index contributed by atoms with van der Waals surface area (Å²) in [7, 11) is 0. The standard InChI is InChI=1S/C12H22N2O4/c1-4-7-14(8-9-15)11(18)13-12(5-2,6-3)10(16)17/h4,15H,1,5-9H2,2-3H3,(H,13,18)(H,16,17). The molecule has 0 aliphatic carbocycles. The highest BCUT2D eigenvalue weighted by Crippen LogP contribution is 2.16. The van der Waals surface area contributed by atoms with Crippen LogP contribution in [0.3, 0.4) is 0 Å². The molecule has 0 aliphatic heterocycles. The van der Waals surface area contributed by atoms with Gasteiger partial charge in [-0.1, -0.05) is 19.9 Å². The summed E-state index contributed by atoms with van der Waals surface area (Å²) in [6.07, 6.45) is 2.12. The topological polar surface area (TPSA) is 89.9 Å². The summed E-state index contributed by atoms with van der Waals surface area (Å²) in [6, 6.07) is -0.505. The molecule has 0 spiro atoms. The van der Waals surface area contributed by atoms with Gasteiger partial charge in [-0.3, -0.25) is 0 Å². The van der Waals surface area contributed by atoms with Crippen molar-refractivity contribution in [2.75, 3.05) is 19.7 Å². The molecule has 0 aromatic rings. The Labute approximate surface area is 107 Å². The summed E-state index contributed by atoms with van der Waals surface area (Å²) in [5.41, 5.74) is -1.26. The Kier molecular flexibility index (Phi) is 7.04. The van der Waals surface area contributed by atoms with Crippen molar-refractivity contribution in [3.63, 3.8) is 0 Å². The number of carbonyl (C=O) groups excluding carboxylic acids is 1. The molecule has 18 heavy (non-hydrogen) atoms. The molecule has 0 radical (unpaired) electrons. The predicted octanol–water partition coefficient (Wildman–Crippen LogP) is 0.820. The molecule has 3 N–H and O–H groups in total. The summed E-state index contributed by atoms with van der Waals surface area (Å²) < 4.78 is 0. The van der Waals surface area contributed by atoms with Crippen molar-refractivity contribution in [3.05, 3.63) is 12.7 Å².